The number of methoxy groups -OCH3 is 3. The smallest absolute Gasteiger partial charge is 0.136 e. The molecular weight excluding hydrogens is 414 g/mol. The summed E-state index contributed by atoms with van der Waals surface area (Å²) in [6.45, 7) is 3.90. The van der Waals surface area contributed by atoms with Gasteiger partial charge in [-0.25, -0.2) is 0 Å². The molecule has 0 aromatic rings. The van der Waals surface area contributed by atoms with Gasteiger partial charge in [-0.3, -0.25) is 4.90 Å². The van der Waals surface area contributed by atoms with Crippen LogP contribution in [0.5, 0.6) is 0 Å². The predicted molar refractivity (Wildman–Crippen MR) is 114 cm³/mol. The molecule has 182 valence electrons. The first kappa shape index (κ1) is 22.2. The fourth-order valence-corrected chi connectivity index (χ4v) is 10.7. The van der Waals surface area contributed by atoms with E-state index in [0.717, 1.165) is 12.8 Å². The van der Waals surface area contributed by atoms with Crippen LogP contribution in [-0.4, -0.2) is 108 Å². The van der Waals surface area contributed by atoms with Crippen LogP contribution in [0, 0.1) is 34.5 Å². The van der Waals surface area contributed by atoms with Crippen LogP contribution < -0.4 is 0 Å². The van der Waals surface area contributed by atoms with E-state index in [-0.39, 0.29) is 47.7 Å². The molecule has 6 fully saturated rings. The van der Waals surface area contributed by atoms with E-state index >= 15 is 0 Å². The molecule has 7 bridgehead atoms. The lowest BCUT2D eigenvalue weighted by molar-refractivity contribution is -0.318. The van der Waals surface area contributed by atoms with E-state index in [2.05, 4.69) is 11.8 Å². The molecule has 1 saturated heterocycles. The molecule has 6 aliphatic rings. The Kier molecular flexibility index (Phi) is 4.62. The Morgan fingerprint density at radius 1 is 1.09 bits per heavy atom. The average molecular weight is 454 g/mol. The molecule has 8 heteroatoms. The quantitative estimate of drug-likeness (QED) is 0.446. The number of aliphatic hydroxyl groups is 4. The third kappa shape index (κ3) is 1.99. The van der Waals surface area contributed by atoms with Crippen molar-refractivity contribution in [1.29, 1.82) is 0 Å². The summed E-state index contributed by atoms with van der Waals surface area (Å²) in [6.07, 6.45) is 0.0262. The lowest BCUT2D eigenvalue weighted by atomic mass is 9.42. The summed E-state index contributed by atoms with van der Waals surface area (Å²) < 4.78 is 17.5. The van der Waals surface area contributed by atoms with Crippen molar-refractivity contribution in [3.8, 4) is 0 Å². The van der Waals surface area contributed by atoms with Crippen LogP contribution in [0.1, 0.15) is 32.6 Å². The number of hydrogen-bond donors (Lipinski definition) is 4. The Labute approximate surface area is 189 Å². The third-order valence-corrected chi connectivity index (χ3v) is 11.3. The highest BCUT2D eigenvalue weighted by atomic mass is 16.5. The molecule has 0 amide bonds. The summed E-state index contributed by atoms with van der Waals surface area (Å²) in [5.74, 6) is -0.671. The summed E-state index contributed by atoms with van der Waals surface area (Å²) >= 11 is 0. The second-order valence-corrected chi connectivity index (χ2v) is 11.7. The monoisotopic (exact) mass is 453 g/mol. The van der Waals surface area contributed by atoms with Crippen LogP contribution in [0.3, 0.4) is 0 Å². The molecule has 1 aliphatic heterocycles. The van der Waals surface area contributed by atoms with E-state index in [1.54, 1.807) is 21.3 Å². The molecule has 32 heavy (non-hydrogen) atoms. The summed E-state index contributed by atoms with van der Waals surface area (Å²) in [6, 6.07) is -0.515. The summed E-state index contributed by atoms with van der Waals surface area (Å²) in [7, 11) is 5.00. The lowest BCUT2D eigenvalue weighted by Gasteiger charge is -2.69. The molecule has 8 nitrogen and oxygen atoms in total. The first-order chi connectivity index (χ1) is 15.2. The third-order valence-electron chi connectivity index (χ3n) is 11.3. The Morgan fingerprint density at radius 3 is 2.47 bits per heavy atom. The fourth-order valence-electron chi connectivity index (χ4n) is 10.7. The molecule has 5 aliphatic carbocycles. The van der Waals surface area contributed by atoms with Gasteiger partial charge in [0.25, 0.3) is 0 Å². The van der Waals surface area contributed by atoms with Crippen LogP contribution in [0.2, 0.25) is 0 Å². The second-order valence-electron chi connectivity index (χ2n) is 11.7. The van der Waals surface area contributed by atoms with Gasteiger partial charge >= 0.3 is 0 Å². The van der Waals surface area contributed by atoms with E-state index in [9.17, 15) is 20.4 Å². The number of fused-ring (bicyclic) bond motifs is 2. The minimum absolute atomic E-state index is 0.0732. The van der Waals surface area contributed by atoms with Crippen molar-refractivity contribution >= 4 is 0 Å². The van der Waals surface area contributed by atoms with Crippen LogP contribution in [0.25, 0.3) is 0 Å². The van der Waals surface area contributed by atoms with Gasteiger partial charge in [0.1, 0.15) is 11.2 Å². The van der Waals surface area contributed by atoms with E-state index in [1.165, 1.54) is 0 Å². The van der Waals surface area contributed by atoms with Crippen molar-refractivity contribution in [3.05, 3.63) is 0 Å². The number of hydrogen-bond acceptors (Lipinski definition) is 8. The van der Waals surface area contributed by atoms with Crippen LogP contribution >= 0.6 is 0 Å². The summed E-state index contributed by atoms with van der Waals surface area (Å²) in [5, 5.41) is 48.9. The highest BCUT2D eigenvalue weighted by molar-refractivity contribution is 5.41. The normalized spacial score (nSPS) is 62.4. The van der Waals surface area contributed by atoms with E-state index in [0.29, 0.717) is 26.1 Å². The average Bonchev–Trinajstić information content (AvgIpc) is 3.19. The Morgan fingerprint density at radius 2 is 1.84 bits per heavy atom. The van der Waals surface area contributed by atoms with Crippen molar-refractivity contribution in [1.82, 2.24) is 4.90 Å². The molecular formula is C24H39NO7. The number of nitrogens with zero attached hydrogens (tertiary/aromatic N) is 1. The number of likely N-dealkylation sites (N-methyl/N-ethyl adjacent to an activating group) is 1. The van der Waals surface area contributed by atoms with E-state index < -0.39 is 34.9 Å². The van der Waals surface area contributed by atoms with Gasteiger partial charge in [-0.1, -0.05) is 6.92 Å². The highest BCUT2D eigenvalue weighted by Crippen LogP contribution is 2.79. The maximum absolute atomic E-state index is 12.6. The molecule has 0 radical (unpaired) electrons. The van der Waals surface area contributed by atoms with Gasteiger partial charge < -0.3 is 34.6 Å². The first-order valence-corrected chi connectivity index (χ1v) is 12.3. The van der Waals surface area contributed by atoms with Crippen molar-refractivity contribution in [2.45, 2.75) is 74.3 Å². The van der Waals surface area contributed by atoms with E-state index in [1.807, 2.05) is 0 Å². The van der Waals surface area contributed by atoms with Crippen molar-refractivity contribution in [2.75, 3.05) is 41.0 Å². The summed E-state index contributed by atoms with van der Waals surface area (Å²) in [4.78, 5) is 2.23. The van der Waals surface area contributed by atoms with Gasteiger partial charge in [-0.05, 0) is 31.7 Å². The van der Waals surface area contributed by atoms with E-state index in [4.69, 9.17) is 14.2 Å². The van der Waals surface area contributed by atoms with Crippen LogP contribution in [0.15, 0.2) is 0 Å². The Balaban J connectivity index is 1.65. The zero-order valence-electron chi connectivity index (χ0n) is 19.6. The number of piperidine rings is 1. The minimum atomic E-state index is -1.78. The largest absolute Gasteiger partial charge is 0.392 e. The fraction of sp³-hybridized carbons (Fsp3) is 1.00. The zero-order valence-corrected chi connectivity index (χ0v) is 19.6. The first-order valence-electron chi connectivity index (χ1n) is 12.3. The number of aliphatic hydroxyl groups excluding tert-OH is 2. The molecule has 1 heterocycles. The van der Waals surface area contributed by atoms with Crippen molar-refractivity contribution in [2.24, 2.45) is 34.5 Å². The maximum Gasteiger partial charge on any atom is 0.136 e. The molecule has 6 rings (SSSR count). The second kappa shape index (κ2) is 6.66. The van der Waals surface area contributed by atoms with Gasteiger partial charge in [0.2, 0.25) is 0 Å². The van der Waals surface area contributed by atoms with Crippen molar-refractivity contribution < 1.29 is 34.6 Å². The lowest BCUT2D eigenvalue weighted by Crippen LogP contribution is -2.82. The number of likely N-dealkylation sites (tertiary alicyclic amines) is 1. The Hall–Kier alpha value is -0.320. The van der Waals surface area contributed by atoms with Gasteiger partial charge in [-0.15, -0.1) is 0 Å². The maximum atomic E-state index is 12.6. The summed E-state index contributed by atoms with van der Waals surface area (Å²) in [5.41, 5.74) is -4.43. The topological polar surface area (TPSA) is 112 Å². The number of rotatable bonds is 5. The molecule has 1 spiro atoms. The van der Waals surface area contributed by atoms with Crippen molar-refractivity contribution in [3.63, 3.8) is 0 Å². The van der Waals surface area contributed by atoms with Gasteiger partial charge in [-0.2, -0.15) is 0 Å². The molecule has 13 atom stereocenters. The molecule has 0 aromatic carbocycles. The zero-order chi connectivity index (χ0) is 22.8. The molecule has 0 aromatic heterocycles. The van der Waals surface area contributed by atoms with Crippen LogP contribution in [-0.2, 0) is 14.2 Å². The minimum Gasteiger partial charge on any atom is -0.392 e. The number of ether oxygens (including phenoxy) is 3. The standard InChI is InChI=1S/C24H39NO7/c1-5-25-10-21(11-30-2)7-6-15(26)23-13-8-12-14(31-3)9-22(28,16(13)17(12)32-4)24(29,20(23)25)19(27)18(21)23/h12-20,26-29H,5-11H2,1-4H3. The van der Waals surface area contributed by atoms with Crippen LogP contribution in [0.4, 0.5) is 0 Å². The molecule has 5 saturated carbocycles. The molecule has 4 N–H and O–H groups in total. The highest BCUT2D eigenvalue weighted by Gasteiger charge is 2.91. The predicted octanol–water partition coefficient (Wildman–Crippen LogP) is -0.383. The molecule has 13 unspecified atom stereocenters. The van der Waals surface area contributed by atoms with Gasteiger partial charge in [0, 0.05) is 62.9 Å². The van der Waals surface area contributed by atoms with Gasteiger partial charge in [0.15, 0.2) is 0 Å². The Bertz CT molecular complexity index is 798. The SMILES string of the molecule is CCN1CC2(COC)CCC(O)C34C5CC6C(OC)CC(O)(C5C6OC)C(O)(C(O)C23)C14. The van der Waals surface area contributed by atoms with Gasteiger partial charge in [0.05, 0.1) is 37.1 Å².